The van der Waals surface area contributed by atoms with Gasteiger partial charge in [-0.1, -0.05) is 11.6 Å². The van der Waals surface area contributed by atoms with E-state index in [0.717, 1.165) is 18.2 Å². The van der Waals surface area contributed by atoms with Gasteiger partial charge in [0.25, 0.3) is 0 Å². The van der Waals surface area contributed by atoms with Crippen molar-refractivity contribution in [1.29, 1.82) is 0 Å². The SMILES string of the molecule is O=C(O)c1cc(Cl)cc(NC(=O)C(F)(F)C(F)F)c1. The first kappa shape index (κ1) is 15.2. The summed E-state index contributed by atoms with van der Waals surface area (Å²) in [5.41, 5.74) is -0.807. The molecule has 2 N–H and O–H groups in total. The van der Waals surface area contributed by atoms with Gasteiger partial charge < -0.3 is 10.4 Å². The van der Waals surface area contributed by atoms with E-state index >= 15 is 0 Å². The Morgan fingerprint density at radius 3 is 2.32 bits per heavy atom. The number of carboxylic acids is 1. The van der Waals surface area contributed by atoms with Gasteiger partial charge in [0.15, 0.2) is 0 Å². The minimum Gasteiger partial charge on any atom is -0.478 e. The lowest BCUT2D eigenvalue weighted by atomic mass is 10.2. The summed E-state index contributed by atoms with van der Waals surface area (Å²) in [7, 11) is 0. The normalized spacial score (nSPS) is 11.5. The lowest BCUT2D eigenvalue weighted by Crippen LogP contribution is -2.41. The molecule has 0 atom stereocenters. The lowest BCUT2D eigenvalue weighted by molar-refractivity contribution is -0.163. The topological polar surface area (TPSA) is 66.4 Å². The molecule has 1 aromatic rings. The van der Waals surface area contributed by atoms with Gasteiger partial charge in [-0.05, 0) is 18.2 Å². The Morgan fingerprint density at radius 2 is 1.84 bits per heavy atom. The standard InChI is InChI=1S/C10H6ClF4NO3/c11-5-1-4(7(17)18)2-6(3-5)16-9(19)10(14,15)8(12)13/h1-3,8H,(H,16,19)(H,17,18). The fourth-order valence-corrected chi connectivity index (χ4v) is 1.33. The molecule has 0 spiro atoms. The van der Waals surface area contributed by atoms with Crippen molar-refractivity contribution in [2.75, 3.05) is 5.32 Å². The fourth-order valence-electron chi connectivity index (χ4n) is 1.10. The van der Waals surface area contributed by atoms with Gasteiger partial charge in [-0.3, -0.25) is 4.79 Å². The summed E-state index contributed by atoms with van der Waals surface area (Å²) >= 11 is 5.50. The van der Waals surface area contributed by atoms with Crippen LogP contribution in [-0.4, -0.2) is 29.3 Å². The number of amides is 1. The highest BCUT2D eigenvalue weighted by Gasteiger charge is 2.48. The number of hydrogen-bond donors (Lipinski definition) is 2. The van der Waals surface area contributed by atoms with E-state index in [2.05, 4.69) is 0 Å². The van der Waals surface area contributed by atoms with Crippen molar-refractivity contribution < 1.29 is 32.3 Å². The minimum atomic E-state index is -4.88. The minimum absolute atomic E-state index is 0.157. The molecule has 0 unspecified atom stereocenters. The monoisotopic (exact) mass is 299 g/mol. The summed E-state index contributed by atoms with van der Waals surface area (Å²) in [6.07, 6.45) is -4.18. The van der Waals surface area contributed by atoms with Gasteiger partial charge in [0.2, 0.25) is 0 Å². The van der Waals surface area contributed by atoms with E-state index < -0.39 is 29.9 Å². The van der Waals surface area contributed by atoms with Gasteiger partial charge in [-0.25, -0.2) is 13.6 Å². The second-order valence-electron chi connectivity index (χ2n) is 3.41. The maximum atomic E-state index is 12.7. The van der Waals surface area contributed by atoms with E-state index in [4.69, 9.17) is 16.7 Å². The quantitative estimate of drug-likeness (QED) is 0.840. The molecule has 0 saturated carbocycles. The largest absolute Gasteiger partial charge is 0.478 e. The maximum Gasteiger partial charge on any atom is 0.383 e. The third-order valence-electron chi connectivity index (χ3n) is 1.98. The van der Waals surface area contributed by atoms with Crippen molar-refractivity contribution in [3.05, 3.63) is 28.8 Å². The lowest BCUT2D eigenvalue weighted by Gasteiger charge is -2.15. The smallest absolute Gasteiger partial charge is 0.383 e. The highest BCUT2D eigenvalue weighted by molar-refractivity contribution is 6.31. The number of alkyl halides is 4. The van der Waals surface area contributed by atoms with Crippen molar-refractivity contribution >= 4 is 29.2 Å². The molecule has 0 aromatic heterocycles. The molecular formula is C10H6ClF4NO3. The first-order valence-electron chi connectivity index (χ1n) is 4.66. The number of carbonyl (C=O) groups is 2. The van der Waals surface area contributed by atoms with Crippen LogP contribution >= 0.6 is 11.6 Å². The number of hydrogen-bond acceptors (Lipinski definition) is 2. The molecule has 104 valence electrons. The third kappa shape index (κ3) is 3.57. The van der Waals surface area contributed by atoms with Crippen molar-refractivity contribution in [3.63, 3.8) is 0 Å². The average molecular weight is 300 g/mol. The Kier molecular flexibility index (Phi) is 4.35. The number of carboxylic acid groups (broad SMARTS) is 1. The van der Waals surface area contributed by atoms with Gasteiger partial charge in [-0.2, -0.15) is 8.78 Å². The molecule has 1 rings (SSSR count). The summed E-state index contributed by atoms with van der Waals surface area (Å²) in [5.74, 6) is -8.55. The van der Waals surface area contributed by atoms with Crippen molar-refractivity contribution in [2.45, 2.75) is 12.3 Å². The van der Waals surface area contributed by atoms with E-state index in [-0.39, 0.29) is 10.6 Å². The first-order chi connectivity index (χ1) is 8.64. The summed E-state index contributed by atoms with van der Waals surface area (Å²) in [5, 5.41) is 10.0. The van der Waals surface area contributed by atoms with Crippen LogP contribution in [-0.2, 0) is 4.79 Å². The van der Waals surface area contributed by atoms with Gasteiger partial charge in [0.05, 0.1) is 5.56 Å². The van der Waals surface area contributed by atoms with E-state index in [1.165, 1.54) is 5.32 Å². The number of benzene rings is 1. The zero-order chi connectivity index (χ0) is 14.8. The Hall–Kier alpha value is -1.83. The third-order valence-corrected chi connectivity index (χ3v) is 2.20. The molecular weight excluding hydrogens is 294 g/mol. The van der Waals surface area contributed by atoms with Crippen LogP contribution in [0.4, 0.5) is 23.2 Å². The average Bonchev–Trinajstić information content (AvgIpc) is 2.27. The zero-order valence-electron chi connectivity index (χ0n) is 8.96. The molecule has 1 amide bonds. The van der Waals surface area contributed by atoms with Gasteiger partial charge in [0, 0.05) is 10.7 Å². The Morgan fingerprint density at radius 1 is 1.26 bits per heavy atom. The van der Waals surface area contributed by atoms with Crippen LogP contribution in [0.2, 0.25) is 5.02 Å². The van der Waals surface area contributed by atoms with Gasteiger partial charge in [0.1, 0.15) is 0 Å². The molecule has 0 aliphatic heterocycles. The molecule has 0 radical (unpaired) electrons. The molecule has 19 heavy (non-hydrogen) atoms. The van der Waals surface area contributed by atoms with Crippen molar-refractivity contribution in [1.82, 2.24) is 0 Å². The highest BCUT2D eigenvalue weighted by Crippen LogP contribution is 2.26. The van der Waals surface area contributed by atoms with Crippen LogP contribution in [0, 0.1) is 0 Å². The van der Waals surface area contributed by atoms with Gasteiger partial charge in [-0.15, -0.1) is 0 Å². The van der Waals surface area contributed by atoms with Crippen molar-refractivity contribution in [2.24, 2.45) is 0 Å². The van der Waals surface area contributed by atoms with E-state index in [9.17, 15) is 27.2 Å². The molecule has 0 bridgehead atoms. The number of carbonyl (C=O) groups excluding carboxylic acids is 1. The van der Waals surface area contributed by atoms with Crippen LogP contribution in [0.15, 0.2) is 18.2 Å². The molecule has 0 aliphatic rings. The Bertz CT molecular complexity index is 521. The van der Waals surface area contributed by atoms with Crippen LogP contribution in [0.5, 0.6) is 0 Å². The molecule has 0 aliphatic carbocycles. The zero-order valence-corrected chi connectivity index (χ0v) is 9.72. The number of anilines is 1. The molecule has 9 heteroatoms. The number of aromatic carboxylic acids is 1. The molecule has 4 nitrogen and oxygen atoms in total. The van der Waals surface area contributed by atoms with Crippen LogP contribution < -0.4 is 5.32 Å². The van der Waals surface area contributed by atoms with Gasteiger partial charge >= 0.3 is 24.2 Å². The Balaban J connectivity index is 3.00. The maximum absolute atomic E-state index is 12.7. The fraction of sp³-hybridized carbons (Fsp3) is 0.200. The highest BCUT2D eigenvalue weighted by atomic mass is 35.5. The summed E-state index contributed by atoms with van der Waals surface area (Å²) < 4.78 is 49.2. The predicted molar refractivity (Wildman–Crippen MR) is 58.0 cm³/mol. The molecule has 0 heterocycles. The summed E-state index contributed by atoms with van der Waals surface area (Å²) in [6, 6.07) is 2.77. The number of halogens is 5. The second-order valence-corrected chi connectivity index (χ2v) is 3.85. The Labute approximate surface area is 109 Å². The molecule has 0 saturated heterocycles. The van der Waals surface area contributed by atoms with E-state index in [0.29, 0.717) is 0 Å². The van der Waals surface area contributed by atoms with Crippen LogP contribution in [0.25, 0.3) is 0 Å². The van der Waals surface area contributed by atoms with Crippen LogP contribution in [0.3, 0.4) is 0 Å². The van der Waals surface area contributed by atoms with E-state index in [1.807, 2.05) is 0 Å². The predicted octanol–water partition coefficient (Wildman–Crippen LogP) is 2.88. The van der Waals surface area contributed by atoms with Crippen LogP contribution in [0.1, 0.15) is 10.4 Å². The number of nitrogens with one attached hydrogen (secondary N) is 1. The second kappa shape index (κ2) is 5.43. The molecule has 0 fully saturated rings. The number of rotatable bonds is 4. The summed E-state index contributed by atoms with van der Waals surface area (Å²) in [4.78, 5) is 21.6. The van der Waals surface area contributed by atoms with E-state index in [1.54, 1.807) is 0 Å². The first-order valence-corrected chi connectivity index (χ1v) is 5.03. The summed E-state index contributed by atoms with van der Waals surface area (Å²) in [6.45, 7) is 0. The molecule has 1 aromatic carbocycles. The van der Waals surface area contributed by atoms with Crippen molar-refractivity contribution in [3.8, 4) is 0 Å².